The number of aryl methyl sites for hydroxylation is 1. The number of amides is 3. The first-order chi connectivity index (χ1) is 11.5. The van der Waals surface area contributed by atoms with E-state index in [2.05, 4.69) is 35.0 Å². The Morgan fingerprint density at radius 3 is 2.83 bits per heavy atom. The highest BCUT2D eigenvalue weighted by Gasteiger charge is 2.19. The van der Waals surface area contributed by atoms with Crippen LogP contribution in [0.4, 0.5) is 10.5 Å². The van der Waals surface area contributed by atoms with Crippen molar-refractivity contribution in [2.75, 3.05) is 5.32 Å². The van der Waals surface area contributed by atoms with Gasteiger partial charge in [-0.3, -0.25) is 4.79 Å². The van der Waals surface area contributed by atoms with Crippen molar-refractivity contribution >= 4 is 29.0 Å². The van der Waals surface area contributed by atoms with Gasteiger partial charge < -0.3 is 16.0 Å². The van der Waals surface area contributed by atoms with Crippen LogP contribution in [0.15, 0.2) is 30.3 Å². The van der Waals surface area contributed by atoms with Crippen LogP contribution in [0.25, 0.3) is 0 Å². The minimum Gasteiger partial charge on any atom is -0.333 e. The number of benzene rings is 1. The number of hydrogen-bond acceptors (Lipinski definition) is 3. The standard InChI is InChI=1S/C18H21N3O2S/c1-3-14-5-6-15(24-14)10-19-18(23)20-11(2)12-4-7-16-13(8-12)9-17(22)21-16/h4-8,11H,3,9-10H2,1-2H3,(H,21,22)(H2,19,20,23)/t11-/m1/s1. The molecule has 3 rings (SSSR count). The molecule has 3 amide bonds. The third-order valence-electron chi connectivity index (χ3n) is 4.09. The predicted molar refractivity (Wildman–Crippen MR) is 96.3 cm³/mol. The van der Waals surface area contributed by atoms with Crippen molar-refractivity contribution < 1.29 is 9.59 Å². The van der Waals surface area contributed by atoms with Crippen molar-refractivity contribution in [1.29, 1.82) is 0 Å². The van der Waals surface area contributed by atoms with Gasteiger partial charge in [-0.25, -0.2) is 4.79 Å². The highest BCUT2D eigenvalue weighted by Crippen LogP contribution is 2.26. The summed E-state index contributed by atoms with van der Waals surface area (Å²) in [5.74, 6) is 0.0166. The van der Waals surface area contributed by atoms with E-state index in [-0.39, 0.29) is 18.0 Å². The average molecular weight is 343 g/mol. The number of carbonyl (C=O) groups is 2. The van der Waals surface area contributed by atoms with Gasteiger partial charge in [0.1, 0.15) is 0 Å². The molecule has 1 atom stereocenters. The quantitative estimate of drug-likeness (QED) is 0.779. The maximum Gasteiger partial charge on any atom is 0.315 e. The summed E-state index contributed by atoms with van der Waals surface area (Å²) in [5, 5.41) is 8.64. The van der Waals surface area contributed by atoms with Gasteiger partial charge in [0.25, 0.3) is 0 Å². The third-order valence-corrected chi connectivity index (χ3v) is 5.32. The summed E-state index contributed by atoms with van der Waals surface area (Å²) in [4.78, 5) is 26.0. The Labute approximate surface area is 145 Å². The minimum atomic E-state index is -0.191. The van der Waals surface area contributed by atoms with E-state index in [1.165, 1.54) is 4.88 Å². The van der Waals surface area contributed by atoms with Gasteiger partial charge in [-0.15, -0.1) is 11.3 Å². The summed E-state index contributed by atoms with van der Waals surface area (Å²) in [6, 6.07) is 9.64. The van der Waals surface area contributed by atoms with Crippen LogP contribution in [0.5, 0.6) is 0 Å². The predicted octanol–water partition coefficient (Wildman–Crippen LogP) is 3.37. The van der Waals surface area contributed by atoms with Crippen LogP contribution in [-0.2, 0) is 24.2 Å². The fraction of sp³-hybridized carbons (Fsp3) is 0.333. The molecule has 2 aromatic rings. The van der Waals surface area contributed by atoms with Crippen molar-refractivity contribution in [3.8, 4) is 0 Å². The monoisotopic (exact) mass is 343 g/mol. The van der Waals surface area contributed by atoms with E-state index in [1.807, 2.05) is 25.1 Å². The Balaban J connectivity index is 1.54. The van der Waals surface area contributed by atoms with Gasteiger partial charge in [-0.05, 0) is 42.7 Å². The van der Waals surface area contributed by atoms with Crippen LogP contribution in [0.3, 0.4) is 0 Å². The van der Waals surface area contributed by atoms with E-state index in [4.69, 9.17) is 0 Å². The number of carbonyl (C=O) groups excluding carboxylic acids is 2. The van der Waals surface area contributed by atoms with Gasteiger partial charge >= 0.3 is 6.03 Å². The van der Waals surface area contributed by atoms with Crippen LogP contribution in [0.1, 0.15) is 40.8 Å². The molecular formula is C18H21N3O2S. The molecule has 126 valence electrons. The Morgan fingerprint density at radius 2 is 2.08 bits per heavy atom. The number of nitrogens with one attached hydrogen (secondary N) is 3. The summed E-state index contributed by atoms with van der Waals surface area (Å²) >= 11 is 1.72. The summed E-state index contributed by atoms with van der Waals surface area (Å²) < 4.78 is 0. The number of rotatable bonds is 5. The first kappa shape index (κ1) is 16.5. The van der Waals surface area contributed by atoms with E-state index in [9.17, 15) is 9.59 Å². The molecule has 0 spiro atoms. The second-order valence-corrected chi connectivity index (χ2v) is 7.16. The molecule has 0 bridgehead atoms. The van der Waals surface area contributed by atoms with Crippen molar-refractivity contribution in [2.45, 2.75) is 39.3 Å². The lowest BCUT2D eigenvalue weighted by Crippen LogP contribution is -2.36. The summed E-state index contributed by atoms with van der Waals surface area (Å²) in [6.07, 6.45) is 1.42. The fourth-order valence-corrected chi connectivity index (χ4v) is 3.62. The van der Waals surface area contributed by atoms with E-state index in [0.717, 1.165) is 28.1 Å². The van der Waals surface area contributed by atoms with Crippen molar-refractivity contribution in [2.24, 2.45) is 0 Å². The van der Waals surface area contributed by atoms with Crippen molar-refractivity contribution in [3.63, 3.8) is 0 Å². The van der Waals surface area contributed by atoms with Crippen LogP contribution in [-0.4, -0.2) is 11.9 Å². The number of urea groups is 1. The molecule has 0 radical (unpaired) electrons. The van der Waals surface area contributed by atoms with Gasteiger partial charge in [-0.1, -0.05) is 19.1 Å². The lowest BCUT2D eigenvalue weighted by atomic mass is 10.0. The molecule has 0 fully saturated rings. The third kappa shape index (κ3) is 3.76. The van der Waals surface area contributed by atoms with E-state index in [0.29, 0.717) is 13.0 Å². The Hall–Kier alpha value is -2.34. The van der Waals surface area contributed by atoms with Gasteiger partial charge in [0.05, 0.1) is 19.0 Å². The Morgan fingerprint density at radius 1 is 1.29 bits per heavy atom. The molecule has 1 aromatic heterocycles. The smallest absolute Gasteiger partial charge is 0.315 e. The largest absolute Gasteiger partial charge is 0.333 e. The topological polar surface area (TPSA) is 70.2 Å². The molecule has 0 saturated carbocycles. The van der Waals surface area contributed by atoms with Crippen LogP contribution >= 0.6 is 11.3 Å². The molecule has 0 aliphatic carbocycles. The lowest BCUT2D eigenvalue weighted by molar-refractivity contribution is -0.115. The van der Waals surface area contributed by atoms with Crippen molar-refractivity contribution in [3.05, 3.63) is 51.2 Å². The second-order valence-electron chi connectivity index (χ2n) is 5.91. The lowest BCUT2D eigenvalue weighted by Gasteiger charge is -2.15. The number of hydrogen-bond donors (Lipinski definition) is 3. The number of fused-ring (bicyclic) bond motifs is 1. The SMILES string of the molecule is CCc1ccc(CNC(=O)N[C@H](C)c2ccc3c(c2)CC(=O)N3)s1. The Kier molecular flexibility index (Phi) is 4.85. The molecule has 3 N–H and O–H groups in total. The van der Waals surface area contributed by atoms with E-state index in [1.54, 1.807) is 11.3 Å². The zero-order chi connectivity index (χ0) is 17.1. The number of thiophene rings is 1. The maximum absolute atomic E-state index is 12.1. The molecule has 0 saturated heterocycles. The summed E-state index contributed by atoms with van der Waals surface area (Å²) in [7, 11) is 0. The molecule has 5 nitrogen and oxygen atoms in total. The van der Waals surface area contributed by atoms with Gasteiger partial charge in [0.2, 0.25) is 5.91 Å². The van der Waals surface area contributed by atoms with Crippen molar-refractivity contribution in [1.82, 2.24) is 10.6 Å². The highest BCUT2D eigenvalue weighted by molar-refractivity contribution is 7.11. The van der Waals surface area contributed by atoms with Crippen LogP contribution in [0.2, 0.25) is 0 Å². The molecule has 0 unspecified atom stereocenters. The second kappa shape index (κ2) is 7.05. The zero-order valence-corrected chi connectivity index (χ0v) is 14.6. The molecule has 6 heteroatoms. The molecule has 1 aromatic carbocycles. The first-order valence-corrected chi connectivity index (χ1v) is 8.91. The van der Waals surface area contributed by atoms with Crippen LogP contribution in [0, 0.1) is 0 Å². The summed E-state index contributed by atoms with van der Waals surface area (Å²) in [5.41, 5.74) is 2.84. The van der Waals surface area contributed by atoms with Crippen LogP contribution < -0.4 is 16.0 Å². The normalized spacial score (nSPS) is 14.0. The average Bonchev–Trinajstić information content (AvgIpc) is 3.16. The molecule has 1 aliphatic heterocycles. The summed E-state index contributed by atoms with van der Waals surface area (Å²) in [6.45, 7) is 4.59. The molecule has 2 heterocycles. The molecule has 1 aliphatic rings. The van der Waals surface area contributed by atoms with E-state index < -0.39 is 0 Å². The zero-order valence-electron chi connectivity index (χ0n) is 13.8. The number of anilines is 1. The fourth-order valence-electron chi connectivity index (χ4n) is 2.72. The minimum absolute atomic E-state index is 0.0166. The molecular weight excluding hydrogens is 322 g/mol. The molecule has 24 heavy (non-hydrogen) atoms. The van der Waals surface area contributed by atoms with Gasteiger partial charge in [0.15, 0.2) is 0 Å². The Bertz CT molecular complexity index is 769. The van der Waals surface area contributed by atoms with E-state index >= 15 is 0 Å². The van der Waals surface area contributed by atoms with Gasteiger partial charge in [-0.2, -0.15) is 0 Å². The first-order valence-electron chi connectivity index (χ1n) is 8.09. The van der Waals surface area contributed by atoms with Gasteiger partial charge in [0, 0.05) is 15.4 Å². The maximum atomic E-state index is 12.1. The highest BCUT2D eigenvalue weighted by atomic mass is 32.1.